The fourth-order valence-corrected chi connectivity index (χ4v) is 3.73. The SMILES string of the molecule is COc1ccc(NC(=O)c2ccc(-c3ccc(C(C)=O)o3)cc2)cc1N1CCN(C)CC1. The van der Waals surface area contributed by atoms with E-state index in [0.29, 0.717) is 22.8 Å². The standard InChI is InChI=1S/C25H27N3O4/c1-17(29)22-10-11-23(32-22)18-4-6-19(7-5-18)25(30)26-20-8-9-24(31-3)21(16-20)28-14-12-27(2)13-15-28/h4-11,16H,12-15H2,1-3H3,(H,26,30). The second-order valence-electron chi connectivity index (χ2n) is 7.93. The van der Waals surface area contributed by atoms with Gasteiger partial charge in [-0.05, 0) is 49.5 Å². The summed E-state index contributed by atoms with van der Waals surface area (Å²) in [6, 6.07) is 16.2. The van der Waals surface area contributed by atoms with Crippen LogP contribution in [0, 0.1) is 0 Å². The Kier molecular flexibility index (Phi) is 6.28. The number of benzene rings is 2. The lowest BCUT2D eigenvalue weighted by Gasteiger charge is -2.34. The minimum atomic E-state index is -0.199. The molecule has 1 aromatic heterocycles. The molecule has 2 aromatic carbocycles. The highest BCUT2D eigenvalue weighted by atomic mass is 16.5. The fourth-order valence-electron chi connectivity index (χ4n) is 3.73. The summed E-state index contributed by atoms with van der Waals surface area (Å²) in [6.07, 6.45) is 0. The molecule has 1 saturated heterocycles. The number of likely N-dealkylation sites (N-methyl/N-ethyl adjacent to an activating group) is 1. The molecule has 0 saturated carbocycles. The smallest absolute Gasteiger partial charge is 0.255 e. The molecule has 2 heterocycles. The third-order valence-corrected chi connectivity index (χ3v) is 5.67. The Labute approximate surface area is 187 Å². The average molecular weight is 434 g/mol. The molecule has 3 aromatic rings. The molecule has 4 rings (SSSR count). The van der Waals surface area contributed by atoms with Crippen LogP contribution in [0.1, 0.15) is 27.8 Å². The van der Waals surface area contributed by atoms with Gasteiger partial charge in [0.2, 0.25) is 0 Å². The topological polar surface area (TPSA) is 75.0 Å². The van der Waals surface area contributed by atoms with Crippen molar-refractivity contribution in [3.8, 4) is 17.1 Å². The number of amides is 1. The van der Waals surface area contributed by atoms with Gasteiger partial charge in [-0.15, -0.1) is 0 Å². The Morgan fingerprint density at radius 3 is 2.31 bits per heavy atom. The minimum absolute atomic E-state index is 0.123. The summed E-state index contributed by atoms with van der Waals surface area (Å²) in [4.78, 5) is 28.8. The van der Waals surface area contributed by atoms with E-state index < -0.39 is 0 Å². The summed E-state index contributed by atoms with van der Waals surface area (Å²) in [6.45, 7) is 5.24. The second-order valence-corrected chi connectivity index (χ2v) is 7.93. The highest BCUT2D eigenvalue weighted by Gasteiger charge is 2.19. The minimum Gasteiger partial charge on any atom is -0.495 e. The van der Waals surface area contributed by atoms with Gasteiger partial charge in [-0.1, -0.05) is 12.1 Å². The molecule has 0 aliphatic carbocycles. The number of ketones is 1. The highest BCUT2D eigenvalue weighted by molar-refractivity contribution is 6.04. The second kappa shape index (κ2) is 9.28. The van der Waals surface area contributed by atoms with Crippen LogP contribution >= 0.6 is 0 Å². The van der Waals surface area contributed by atoms with Crippen LogP contribution < -0.4 is 15.0 Å². The van der Waals surface area contributed by atoms with Crippen molar-refractivity contribution >= 4 is 23.1 Å². The first-order valence-electron chi connectivity index (χ1n) is 10.6. The van der Waals surface area contributed by atoms with E-state index in [2.05, 4.69) is 22.2 Å². The maximum atomic E-state index is 12.8. The van der Waals surface area contributed by atoms with E-state index in [0.717, 1.165) is 43.2 Å². The molecule has 0 bridgehead atoms. The van der Waals surface area contributed by atoms with Gasteiger partial charge in [0.15, 0.2) is 11.5 Å². The number of ether oxygens (including phenoxy) is 1. The largest absolute Gasteiger partial charge is 0.495 e. The van der Waals surface area contributed by atoms with Gasteiger partial charge in [0, 0.05) is 49.9 Å². The quantitative estimate of drug-likeness (QED) is 0.589. The van der Waals surface area contributed by atoms with E-state index in [1.165, 1.54) is 6.92 Å². The number of furan rings is 1. The molecule has 1 aliphatic rings. The van der Waals surface area contributed by atoms with Crippen LogP contribution in [0.15, 0.2) is 59.0 Å². The van der Waals surface area contributed by atoms with E-state index in [-0.39, 0.29) is 11.7 Å². The van der Waals surface area contributed by atoms with Crippen molar-refractivity contribution in [1.82, 2.24) is 4.90 Å². The van der Waals surface area contributed by atoms with E-state index in [4.69, 9.17) is 9.15 Å². The number of hydrogen-bond acceptors (Lipinski definition) is 6. The summed E-state index contributed by atoms with van der Waals surface area (Å²) >= 11 is 0. The zero-order valence-electron chi connectivity index (χ0n) is 18.6. The van der Waals surface area contributed by atoms with Crippen LogP contribution in [-0.2, 0) is 0 Å². The number of carbonyl (C=O) groups is 2. The Hall–Kier alpha value is -3.58. The van der Waals surface area contributed by atoms with Crippen LogP contribution in [0.4, 0.5) is 11.4 Å². The van der Waals surface area contributed by atoms with Crippen LogP contribution in [-0.4, -0.2) is 56.9 Å². The van der Waals surface area contributed by atoms with E-state index in [9.17, 15) is 9.59 Å². The Morgan fingerprint density at radius 2 is 1.69 bits per heavy atom. The first-order chi connectivity index (χ1) is 15.4. The number of piperazine rings is 1. The molecule has 32 heavy (non-hydrogen) atoms. The number of methoxy groups -OCH3 is 1. The number of Topliss-reactive ketones (excluding diaryl/α,β-unsaturated/α-hetero) is 1. The van der Waals surface area contributed by atoms with Crippen LogP contribution in [0.2, 0.25) is 0 Å². The summed E-state index contributed by atoms with van der Waals surface area (Å²) < 4.78 is 11.1. The van der Waals surface area contributed by atoms with Gasteiger partial charge in [-0.3, -0.25) is 9.59 Å². The van der Waals surface area contributed by atoms with Crippen molar-refractivity contribution in [3.63, 3.8) is 0 Å². The van der Waals surface area contributed by atoms with Gasteiger partial charge in [-0.2, -0.15) is 0 Å². The summed E-state index contributed by atoms with van der Waals surface area (Å²) in [5, 5.41) is 2.98. The van der Waals surface area contributed by atoms with Crippen LogP contribution in [0.5, 0.6) is 5.75 Å². The molecular formula is C25H27N3O4. The summed E-state index contributed by atoms with van der Waals surface area (Å²) in [5.41, 5.74) is 3.03. The van der Waals surface area contributed by atoms with Crippen LogP contribution in [0.3, 0.4) is 0 Å². The maximum Gasteiger partial charge on any atom is 0.255 e. The summed E-state index contributed by atoms with van der Waals surface area (Å²) in [7, 11) is 3.78. The predicted molar refractivity (Wildman–Crippen MR) is 125 cm³/mol. The lowest BCUT2D eigenvalue weighted by molar-refractivity contribution is 0.0986. The Morgan fingerprint density at radius 1 is 0.969 bits per heavy atom. The Balaban J connectivity index is 1.48. The van der Waals surface area contributed by atoms with Gasteiger partial charge < -0.3 is 24.3 Å². The number of hydrogen-bond donors (Lipinski definition) is 1. The number of rotatable bonds is 6. The number of carbonyl (C=O) groups excluding carboxylic acids is 2. The van der Waals surface area contributed by atoms with Gasteiger partial charge in [0.25, 0.3) is 5.91 Å². The zero-order valence-corrected chi connectivity index (χ0v) is 18.6. The van der Waals surface area contributed by atoms with Crippen LogP contribution in [0.25, 0.3) is 11.3 Å². The monoisotopic (exact) mass is 433 g/mol. The van der Waals surface area contributed by atoms with E-state index in [1.54, 1.807) is 43.5 Å². The molecule has 1 N–H and O–H groups in total. The molecule has 1 fully saturated rings. The van der Waals surface area contributed by atoms with Gasteiger partial charge in [0.05, 0.1) is 12.8 Å². The summed E-state index contributed by atoms with van der Waals surface area (Å²) in [5.74, 6) is 1.38. The van der Waals surface area contributed by atoms with Crippen molar-refractivity contribution in [1.29, 1.82) is 0 Å². The predicted octanol–water partition coefficient (Wildman–Crippen LogP) is 4.16. The van der Waals surface area contributed by atoms with Crippen molar-refractivity contribution in [2.45, 2.75) is 6.92 Å². The van der Waals surface area contributed by atoms with Crippen molar-refractivity contribution in [2.24, 2.45) is 0 Å². The molecule has 0 radical (unpaired) electrons. The number of nitrogens with one attached hydrogen (secondary N) is 1. The van der Waals surface area contributed by atoms with Gasteiger partial charge >= 0.3 is 0 Å². The molecule has 7 nitrogen and oxygen atoms in total. The average Bonchev–Trinajstić information content (AvgIpc) is 3.30. The van der Waals surface area contributed by atoms with Crippen molar-refractivity contribution in [3.05, 3.63) is 65.9 Å². The molecule has 1 amide bonds. The molecule has 0 spiro atoms. The van der Waals surface area contributed by atoms with Crippen molar-refractivity contribution in [2.75, 3.05) is 50.6 Å². The fraction of sp³-hybridized carbons (Fsp3) is 0.280. The number of nitrogens with zero attached hydrogens (tertiary/aromatic N) is 2. The molecule has 0 atom stereocenters. The third-order valence-electron chi connectivity index (χ3n) is 5.67. The first-order valence-corrected chi connectivity index (χ1v) is 10.6. The van der Waals surface area contributed by atoms with E-state index >= 15 is 0 Å². The van der Waals surface area contributed by atoms with Gasteiger partial charge in [-0.25, -0.2) is 0 Å². The van der Waals surface area contributed by atoms with E-state index in [1.807, 2.05) is 18.2 Å². The lowest BCUT2D eigenvalue weighted by atomic mass is 10.1. The highest BCUT2D eigenvalue weighted by Crippen LogP contribution is 2.32. The lowest BCUT2D eigenvalue weighted by Crippen LogP contribution is -2.44. The third kappa shape index (κ3) is 4.68. The van der Waals surface area contributed by atoms with Gasteiger partial charge in [0.1, 0.15) is 11.5 Å². The Bertz CT molecular complexity index is 1110. The first kappa shape index (κ1) is 21.6. The molecule has 7 heteroatoms. The molecule has 1 aliphatic heterocycles. The molecule has 166 valence electrons. The molecular weight excluding hydrogens is 406 g/mol. The zero-order chi connectivity index (χ0) is 22.7. The number of anilines is 2. The normalized spacial score (nSPS) is 14.3. The molecule has 0 unspecified atom stereocenters. The van der Waals surface area contributed by atoms with Crippen molar-refractivity contribution < 1.29 is 18.7 Å². The maximum absolute atomic E-state index is 12.8.